The molecule has 0 aliphatic carbocycles. The summed E-state index contributed by atoms with van der Waals surface area (Å²) >= 11 is 0. The van der Waals surface area contributed by atoms with Crippen molar-refractivity contribution in [2.75, 3.05) is 21.3 Å². The third kappa shape index (κ3) is 2.40. The zero-order valence-corrected chi connectivity index (χ0v) is 9.94. The average molecular weight is 250 g/mol. The van der Waals surface area contributed by atoms with Crippen LogP contribution in [0.15, 0.2) is 6.07 Å². The van der Waals surface area contributed by atoms with Crippen LogP contribution in [0.25, 0.3) is 0 Å². The van der Waals surface area contributed by atoms with E-state index in [0.29, 0.717) is 0 Å². The van der Waals surface area contributed by atoms with Crippen LogP contribution < -0.4 is 14.2 Å². The fourth-order valence-electron chi connectivity index (χ4n) is 1.63. The summed E-state index contributed by atoms with van der Waals surface area (Å²) in [7, 11) is 3.77. The standard InChI is InChI=1S/C11H13F3O3/c1-6-5-7(15-2)9(16-3)10(17-4)8(6)11(12,13)14/h5H,1-4H3. The molecule has 0 fully saturated rings. The maximum absolute atomic E-state index is 12.9. The second kappa shape index (κ2) is 4.73. The molecule has 1 aromatic carbocycles. The molecule has 0 saturated carbocycles. The molecule has 0 atom stereocenters. The second-order valence-corrected chi connectivity index (χ2v) is 3.33. The first-order valence-electron chi connectivity index (χ1n) is 4.73. The van der Waals surface area contributed by atoms with E-state index < -0.39 is 11.7 Å². The van der Waals surface area contributed by atoms with Gasteiger partial charge in [0.05, 0.1) is 21.3 Å². The van der Waals surface area contributed by atoms with Gasteiger partial charge in [0.1, 0.15) is 5.56 Å². The Morgan fingerprint density at radius 1 is 0.941 bits per heavy atom. The van der Waals surface area contributed by atoms with Crippen molar-refractivity contribution in [1.82, 2.24) is 0 Å². The minimum Gasteiger partial charge on any atom is -0.493 e. The van der Waals surface area contributed by atoms with Gasteiger partial charge in [-0.1, -0.05) is 0 Å². The predicted molar refractivity (Wildman–Crippen MR) is 55.8 cm³/mol. The summed E-state index contributed by atoms with van der Waals surface area (Å²) < 4.78 is 53.3. The summed E-state index contributed by atoms with van der Waals surface area (Å²) in [6.07, 6.45) is -4.50. The predicted octanol–water partition coefficient (Wildman–Crippen LogP) is 3.04. The molecule has 0 spiro atoms. The van der Waals surface area contributed by atoms with Crippen molar-refractivity contribution in [3.63, 3.8) is 0 Å². The minimum absolute atomic E-state index is 0.0204. The van der Waals surface area contributed by atoms with Gasteiger partial charge < -0.3 is 14.2 Å². The average Bonchev–Trinajstić information content (AvgIpc) is 2.25. The third-order valence-electron chi connectivity index (χ3n) is 2.31. The van der Waals surface area contributed by atoms with Crippen LogP contribution in [-0.4, -0.2) is 21.3 Å². The van der Waals surface area contributed by atoms with Crippen LogP contribution in [0.1, 0.15) is 11.1 Å². The second-order valence-electron chi connectivity index (χ2n) is 3.33. The largest absolute Gasteiger partial charge is 0.493 e. The molecule has 17 heavy (non-hydrogen) atoms. The lowest BCUT2D eigenvalue weighted by atomic mass is 10.1. The van der Waals surface area contributed by atoms with Crippen molar-refractivity contribution in [3.8, 4) is 17.2 Å². The van der Waals surface area contributed by atoms with Gasteiger partial charge in [0.15, 0.2) is 11.5 Å². The summed E-state index contributed by atoms with van der Waals surface area (Å²) in [6.45, 7) is 1.34. The van der Waals surface area contributed by atoms with Crippen LogP contribution in [0.5, 0.6) is 17.2 Å². The van der Waals surface area contributed by atoms with E-state index in [2.05, 4.69) is 0 Å². The maximum Gasteiger partial charge on any atom is 0.420 e. The summed E-state index contributed by atoms with van der Waals surface area (Å²) in [6, 6.07) is 1.27. The number of alkyl halides is 3. The van der Waals surface area contributed by atoms with Gasteiger partial charge in [0, 0.05) is 0 Å². The molecule has 0 aromatic heterocycles. The Morgan fingerprint density at radius 3 is 1.82 bits per heavy atom. The third-order valence-corrected chi connectivity index (χ3v) is 2.31. The monoisotopic (exact) mass is 250 g/mol. The molecule has 0 N–H and O–H groups in total. The van der Waals surface area contributed by atoms with Gasteiger partial charge in [-0.2, -0.15) is 13.2 Å². The molecule has 1 aromatic rings. The van der Waals surface area contributed by atoms with E-state index in [1.54, 1.807) is 0 Å². The Balaban J connectivity index is 3.61. The van der Waals surface area contributed by atoms with Gasteiger partial charge in [-0.3, -0.25) is 0 Å². The Kier molecular flexibility index (Phi) is 3.75. The Hall–Kier alpha value is -1.59. The smallest absolute Gasteiger partial charge is 0.420 e. The van der Waals surface area contributed by atoms with Crippen molar-refractivity contribution < 1.29 is 27.4 Å². The molecule has 0 aliphatic heterocycles. The first-order valence-corrected chi connectivity index (χ1v) is 4.73. The molecule has 0 radical (unpaired) electrons. The van der Waals surface area contributed by atoms with E-state index in [0.717, 1.165) is 7.11 Å². The van der Waals surface area contributed by atoms with E-state index >= 15 is 0 Å². The molecule has 0 heterocycles. The molecule has 96 valence electrons. The van der Waals surface area contributed by atoms with Crippen LogP contribution in [0.3, 0.4) is 0 Å². The SMILES string of the molecule is COc1cc(C)c(C(F)(F)F)c(OC)c1OC. The van der Waals surface area contributed by atoms with Gasteiger partial charge in [0.25, 0.3) is 0 Å². The van der Waals surface area contributed by atoms with E-state index in [4.69, 9.17) is 14.2 Å². The van der Waals surface area contributed by atoms with E-state index in [1.807, 2.05) is 0 Å². The first-order chi connectivity index (χ1) is 7.86. The molecule has 1 rings (SSSR count). The van der Waals surface area contributed by atoms with Crippen molar-refractivity contribution in [1.29, 1.82) is 0 Å². The fraction of sp³-hybridized carbons (Fsp3) is 0.455. The van der Waals surface area contributed by atoms with E-state index in [9.17, 15) is 13.2 Å². The van der Waals surface area contributed by atoms with Crippen molar-refractivity contribution in [2.45, 2.75) is 13.1 Å². The Labute approximate surface area is 97.1 Å². The number of hydrogen-bond donors (Lipinski definition) is 0. The van der Waals surface area contributed by atoms with Gasteiger partial charge in [-0.25, -0.2) is 0 Å². The fourth-order valence-corrected chi connectivity index (χ4v) is 1.63. The molecular formula is C11H13F3O3. The number of methoxy groups -OCH3 is 3. The minimum atomic E-state index is -4.50. The maximum atomic E-state index is 12.9. The van der Waals surface area contributed by atoms with Gasteiger partial charge in [0.2, 0.25) is 5.75 Å². The molecule has 3 nitrogen and oxygen atoms in total. The van der Waals surface area contributed by atoms with Gasteiger partial charge in [-0.05, 0) is 18.6 Å². The van der Waals surface area contributed by atoms with Crippen LogP contribution in [0.4, 0.5) is 13.2 Å². The lowest BCUT2D eigenvalue weighted by molar-refractivity contribution is -0.139. The molecular weight excluding hydrogens is 237 g/mol. The van der Waals surface area contributed by atoms with Crippen LogP contribution in [0, 0.1) is 6.92 Å². The number of ether oxygens (including phenoxy) is 3. The van der Waals surface area contributed by atoms with Crippen molar-refractivity contribution in [3.05, 3.63) is 17.2 Å². The summed E-state index contributed by atoms with van der Waals surface area (Å²) in [5, 5.41) is 0. The lowest BCUT2D eigenvalue weighted by Gasteiger charge is -2.19. The zero-order chi connectivity index (χ0) is 13.2. The quantitative estimate of drug-likeness (QED) is 0.825. The highest BCUT2D eigenvalue weighted by molar-refractivity contribution is 5.59. The molecule has 0 amide bonds. The number of hydrogen-bond acceptors (Lipinski definition) is 3. The summed E-state index contributed by atoms with van der Waals surface area (Å²) in [4.78, 5) is 0. The highest BCUT2D eigenvalue weighted by Crippen LogP contribution is 2.48. The number of benzene rings is 1. The molecule has 0 saturated heterocycles. The van der Waals surface area contributed by atoms with Crippen LogP contribution in [0.2, 0.25) is 0 Å². The van der Waals surface area contributed by atoms with E-state index in [1.165, 1.54) is 27.2 Å². The van der Waals surface area contributed by atoms with E-state index in [-0.39, 0.29) is 22.8 Å². The summed E-state index contributed by atoms with van der Waals surface area (Å²) in [5.41, 5.74) is -0.829. The highest BCUT2D eigenvalue weighted by atomic mass is 19.4. The summed E-state index contributed by atoms with van der Waals surface area (Å²) in [5.74, 6) is -0.223. The topological polar surface area (TPSA) is 27.7 Å². The number of halogens is 3. The Morgan fingerprint density at radius 2 is 1.47 bits per heavy atom. The van der Waals surface area contributed by atoms with Crippen LogP contribution in [-0.2, 0) is 6.18 Å². The van der Waals surface area contributed by atoms with Crippen LogP contribution >= 0.6 is 0 Å². The van der Waals surface area contributed by atoms with Crippen molar-refractivity contribution >= 4 is 0 Å². The molecule has 0 aliphatic rings. The Bertz CT molecular complexity index is 413. The van der Waals surface area contributed by atoms with Gasteiger partial charge in [-0.15, -0.1) is 0 Å². The number of aryl methyl sites for hydroxylation is 1. The molecule has 0 unspecified atom stereocenters. The zero-order valence-electron chi connectivity index (χ0n) is 9.94. The first kappa shape index (κ1) is 13.5. The van der Waals surface area contributed by atoms with Gasteiger partial charge >= 0.3 is 6.18 Å². The number of rotatable bonds is 3. The molecule has 0 bridgehead atoms. The lowest BCUT2D eigenvalue weighted by Crippen LogP contribution is -2.11. The van der Waals surface area contributed by atoms with Crippen molar-refractivity contribution in [2.24, 2.45) is 0 Å². The normalized spacial score (nSPS) is 11.2. The highest BCUT2D eigenvalue weighted by Gasteiger charge is 2.38. The molecule has 6 heteroatoms.